The molecule has 1 amide bonds. The van der Waals surface area contributed by atoms with E-state index in [0.29, 0.717) is 37.6 Å². The number of fused-ring (bicyclic) bond motifs is 1. The number of rotatable bonds is 6. The first-order chi connectivity index (χ1) is 15.0. The van der Waals surface area contributed by atoms with Crippen molar-refractivity contribution in [3.8, 4) is 5.75 Å². The topological polar surface area (TPSA) is 84.9 Å². The number of nitrogens with one attached hydrogen (secondary N) is 1. The molecule has 1 aliphatic heterocycles. The van der Waals surface area contributed by atoms with Gasteiger partial charge in [-0.05, 0) is 48.8 Å². The van der Waals surface area contributed by atoms with E-state index >= 15 is 0 Å². The van der Waals surface area contributed by atoms with Gasteiger partial charge >= 0.3 is 0 Å². The van der Waals surface area contributed by atoms with Crippen LogP contribution in [0.4, 0.5) is 0 Å². The van der Waals surface area contributed by atoms with Crippen LogP contribution in [0.5, 0.6) is 5.75 Å². The lowest BCUT2D eigenvalue weighted by molar-refractivity contribution is -0.121. The highest BCUT2D eigenvalue weighted by atomic mass is 32.2. The molecule has 1 aromatic rings. The lowest BCUT2D eigenvalue weighted by Crippen LogP contribution is -2.42. The summed E-state index contributed by atoms with van der Waals surface area (Å²) in [4.78, 5) is 12.9. The van der Waals surface area contributed by atoms with Gasteiger partial charge in [-0.3, -0.25) is 4.79 Å². The number of hydrogen-bond donors (Lipinski definition) is 1. The zero-order valence-corrected chi connectivity index (χ0v) is 19.2. The first kappa shape index (κ1) is 22.6. The van der Waals surface area contributed by atoms with Crippen LogP contribution in [-0.2, 0) is 26.0 Å². The zero-order chi connectivity index (χ0) is 21.8. The third-order valence-corrected chi connectivity index (χ3v) is 9.01. The second kappa shape index (κ2) is 9.88. The molecule has 0 bridgehead atoms. The minimum absolute atomic E-state index is 0.0425. The molecule has 0 spiro atoms. The molecule has 31 heavy (non-hydrogen) atoms. The molecule has 7 nitrogen and oxygen atoms in total. The van der Waals surface area contributed by atoms with Crippen molar-refractivity contribution in [3.63, 3.8) is 0 Å². The fourth-order valence-corrected chi connectivity index (χ4v) is 7.04. The van der Waals surface area contributed by atoms with E-state index in [4.69, 9.17) is 9.47 Å². The average Bonchev–Trinajstić information content (AvgIpc) is 2.79. The number of hydrogen-bond acceptors (Lipinski definition) is 5. The summed E-state index contributed by atoms with van der Waals surface area (Å²) in [7, 11) is -2.25. The standard InChI is InChI=1S/C23H34N2O5S/c1-29-21-9-6-17(14-22(21)31(27,28)25-10-12-30-13-11-25)15-23(26)24-20-8-7-18-4-2-3-5-19(18)16-20/h6,9,14,18-20H,2-5,7-8,10-13,15-16H2,1H3,(H,24,26)/t18-,19-,20+/m0/s1. The number of nitrogens with zero attached hydrogens (tertiary/aromatic N) is 1. The lowest BCUT2D eigenvalue weighted by atomic mass is 9.69. The third-order valence-electron chi connectivity index (χ3n) is 7.09. The monoisotopic (exact) mass is 450 g/mol. The minimum Gasteiger partial charge on any atom is -0.495 e. The Morgan fingerprint density at radius 3 is 2.61 bits per heavy atom. The van der Waals surface area contributed by atoms with Crippen LogP contribution in [0.3, 0.4) is 0 Å². The van der Waals surface area contributed by atoms with Gasteiger partial charge in [0.15, 0.2) is 0 Å². The molecule has 0 unspecified atom stereocenters. The van der Waals surface area contributed by atoms with Gasteiger partial charge in [-0.15, -0.1) is 0 Å². The van der Waals surface area contributed by atoms with Crippen LogP contribution in [0.2, 0.25) is 0 Å². The number of sulfonamides is 1. The van der Waals surface area contributed by atoms with Crippen LogP contribution in [-0.4, -0.2) is 58.1 Å². The summed E-state index contributed by atoms with van der Waals surface area (Å²) in [5.41, 5.74) is 0.677. The van der Waals surface area contributed by atoms with Crippen LogP contribution < -0.4 is 10.1 Å². The van der Waals surface area contributed by atoms with Crippen molar-refractivity contribution in [2.75, 3.05) is 33.4 Å². The maximum absolute atomic E-state index is 13.1. The summed E-state index contributed by atoms with van der Waals surface area (Å²) < 4.78 is 38.3. The van der Waals surface area contributed by atoms with Crippen LogP contribution in [0, 0.1) is 11.8 Å². The van der Waals surface area contributed by atoms with Crippen molar-refractivity contribution in [1.29, 1.82) is 0 Å². The number of ether oxygens (including phenoxy) is 2. The van der Waals surface area contributed by atoms with Gasteiger partial charge in [0.05, 0.1) is 26.7 Å². The summed E-state index contributed by atoms with van der Waals surface area (Å²) in [5.74, 6) is 1.85. The third kappa shape index (κ3) is 5.23. The van der Waals surface area contributed by atoms with Crippen LogP contribution in [0.15, 0.2) is 23.1 Å². The Hall–Kier alpha value is -1.64. The number of carbonyl (C=O) groups excluding carboxylic acids is 1. The molecule has 3 atom stereocenters. The SMILES string of the molecule is COc1ccc(CC(=O)N[C@@H]2CC[C@@H]3CCCC[C@H]3C2)cc1S(=O)(=O)N1CCOCC1. The van der Waals surface area contributed by atoms with Gasteiger partial charge in [0, 0.05) is 19.1 Å². The van der Waals surface area contributed by atoms with Gasteiger partial charge in [0.25, 0.3) is 0 Å². The molecule has 172 valence electrons. The van der Waals surface area contributed by atoms with E-state index in [1.165, 1.54) is 43.5 Å². The maximum atomic E-state index is 13.1. The Bertz CT molecular complexity index is 882. The van der Waals surface area contributed by atoms with E-state index in [1.807, 2.05) is 0 Å². The summed E-state index contributed by atoms with van der Waals surface area (Å²) in [6.45, 7) is 1.40. The quantitative estimate of drug-likeness (QED) is 0.720. The van der Waals surface area contributed by atoms with Crippen LogP contribution in [0.1, 0.15) is 50.5 Å². The highest BCUT2D eigenvalue weighted by Crippen LogP contribution is 2.40. The molecule has 1 heterocycles. The zero-order valence-electron chi connectivity index (χ0n) is 18.3. The molecule has 3 aliphatic rings. The highest BCUT2D eigenvalue weighted by molar-refractivity contribution is 7.89. The molecular formula is C23H34N2O5S. The Labute approximate surface area is 185 Å². The summed E-state index contributed by atoms with van der Waals surface area (Å²) >= 11 is 0. The second-order valence-corrected chi connectivity index (χ2v) is 11.0. The lowest BCUT2D eigenvalue weighted by Gasteiger charge is -2.39. The van der Waals surface area contributed by atoms with Crippen LogP contribution >= 0.6 is 0 Å². The van der Waals surface area contributed by atoms with Gasteiger partial charge in [-0.25, -0.2) is 8.42 Å². The van der Waals surface area contributed by atoms with Crippen molar-refractivity contribution in [3.05, 3.63) is 23.8 Å². The Morgan fingerprint density at radius 1 is 1.13 bits per heavy atom. The molecule has 3 fully saturated rings. The summed E-state index contributed by atoms with van der Waals surface area (Å²) in [6, 6.07) is 5.24. The van der Waals surface area contributed by atoms with E-state index in [2.05, 4.69) is 5.32 Å². The number of methoxy groups -OCH3 is 1. The van der Waals surface area contributed by atoms with Crippen molar-refractivity contribution in [1.82, 2.24) is 9.62 Å². The molecule has 1 N–H and O–H groups in total. The normalized spacial score (nSPS) is 27.3. The number of morpholine rings is 1. The first-order valence-electron chi connectivity index (χ1n) is 11.5. The summed E-state index contributed by atoms with van der Waals surface area (Å²) in [5, 5.41) is 3.20. The largest absolute Gasteiger partial charge is 0.495 e. The fourth-order valence-electron chi connectivity index (χ4n) is 5.43. The van der Waals surface area contributed by atoms with E-state index in [1.54, 1.807) is 18.2 Å². The molecule has 4 rings (SSSR count). The first-order valence-corrected chi connectivity index (χ1v) is 13.0. The Morgan fingerprint density at radius 2 is 1.87 bits per heavy atom. The maximum Gasteiger partial charge on any atom is 0.246 e. The number of amides is 1. The number of benzene rings is 1. The molecule has 8 heteroatoms. The molecule has 0 radical (unpaired) electrons. The van der Waals surface area contributed by atoms with Gasteiger partial charge in [-0.1, -0.05) is 31.7 Å². The van der Waals surface area contributed by atoms with Gasteiger partial charge in [0.1, 0.15) is 10.6 Å². The molecular weight excluding hydrogens is 416 g/mol. The highest BCUT2D eigenvalue weighted by Gasteiger charge is 2.33. The van der Waals surface area contributed by atoms with Crippen LogP contribution in [0.25, 0.3) is 0 Å². The van der Waals surface area contributed by atoms with E-state index in [9.17, 15) is 13.2 Å². The minimum atomic E-state index is -3.71. The second-order valence-electron chi connectivity index (χ2n) is 9.06. The van der Waals surface area contributed by atoms with Crippen molar-refractivity contribution in [2.24, 2.45) is 11.8 Å². The van der Waals surface area contributed by atoms with E-state index in [-0.39, 0.29) is 23.3 Å². The Balaban J connectivity index is 1.42. The predicted octanol–water partition coefficient (Wildman–Crippen LogP) is 2.73. The average molecular weight is 451 g/mol. The molecule has 2 saturated carbocycles. The molecule has 1 aromatic carbocycles. The smallest absolute Gasteiger partial charge is 0.246 e. The van der Waals surface area contributed by atoms with Crippen molar-refractivity contribution < 1.29 is 22.7 Å². The van der Waals surface area contributed by atoms with Crippen molar-refractivity contribution >= 4 is 15.9 Å². The van der Waals surface area contributed by atoms with Gasteiger partial charge in [-0.2, -0.15) is 4.31 Å². The molecule has 1 saturated heterocycles. The van der Waals surface area contributed by atoms with E-state index < -0.39 is 10.0 Å². The predicted molar refractivity (Wildman–Crippen MR) is 118 cm³/mol. The number of carbonyl (C=O) groups is 1. The van der Waals surface area contributed by atoms with Gasteiger partial charge < -0.3 is 14.8 Å². The Kier molecular flexibility index (Phi) is 7.19. The molecule has 0 aromatic heterocycles. The van der Waals surface area contributed by atoms with Crippen molar-refractivity contribution in [2.45, 2.75) is 62.3 Å². The van der Waals surface area contributed by atoms with Gasteiger partial charge in [0.2, 0.25) is 15.9 Å². The summed E-state index contributed by atoms with van der Waals surface area (Å²) in [6.07, 6.45) is 8.80. The van der Waals surface area contributed by atoms with E-state index in [0.717, 1.165) is 24.7 Å². The molecule has 2 aliphatic carbocycles. The fraction of sp³-hybridized carbons (Fsp3) is 0.696.